The zero-order valence-electron chi connectivity index (χ0n) is 18.4. The molecule has 0 aliphatic carbocycles. The summed E-state index contributed by atoms with van der Waals surface area (Å²) in [5, 5.41) is 0.622. The Morgan fingerprint density at radius 1 is 1.00 bits per heavy atom. The SMILES string of the molecule is Cn1cnc2cc(N3CCN(C(=O)C4(c5ccccc5)CCOCC4)CC3)ccc2c1=O. The highest BCUT2D eigenvalue weighted by atomic mass is 16.5. The summed E-state index contributed by atoms with van der Waals surface area (Å²) in [5.74, 6) is 0.218. The van der Waals surface area contributed by atoms with Crippen LogP contribution in [0.4, 0.5) is 5.69 Å². The lowest BCUT2D eigenvalue weighted by Crippen LogP contribution is -2.56. The van der Waals surface area contributed by atoms with Gasteiger partial charge in [-0.1, -0.05) is 30.3 Å². The Balaban J connectivity index is 1.34. The summed E-state index contributed by atoms with van der Waals surface area (Å²) in [6, 6.07) is 16.0. The zero-order valence-corrected chi connectivity index (χ0v) is 18.4. The number of anilines is 1. The highest BCUT2D eigenvalue weighted by Gasteiger charge is 2.44. The van der Waals surface area contributed by atoms with E-state index in [1.807, 2.05) is 41.3 Å². The van der Waals surface area contributed by atoms with Crippen molar-refractivity contribution in [1.29, 1.82) is 0 Å². The molecule has 32 heavy (non-hydrogen) atoms. The van der Waals surface area contributed by atoms with Gasteiger partial charge in [0.05, 0.1) is 22.6 Å². The number of fused-ring (bicyclic) bond motifs is 1. The number of rotatable bonds is 3. The first-order chi connectivity index (χ1) is 15.6. The van der Waals surface area contributed by atoms with Gasteiger partial charge in [-0.2, -0.15) is 0 Å². The summed E-state index contributed by atoms with van der Waals surface area (Å²) in [6.07, 6.45) is 3.00. The van der Waals surface area contributed by atoms with Crippen molar-refractivity contribution in [2.45, 2.75) is 18.3 Å². The Hall–Kier alpha value is -3.19. The van der Waals surface area contributed by atoms with E-state index in [0.717, 1.165) is 37.2 Å². The average Bonchev–Trinajstić information content (AvgIpc) is 2.87. The molecule has 0 bridgehead atoms. The predicted molar refractivity (Wildman–Crippen MR) is 124 cm³/mol. The minimum Gasteiger partial charge on any atom is -0.381 e. The quantitative estimate of drug-likeness (QED) is 0.636. The summed E-state index contributed by atoms with van der Waals surface area (Å²) >= 11 is 0. The molecular weight excluding hydrogens is 404 g/mol. The molecule has 7 heteroatoms. The first kappa shape index (κ1) is 20.7. The molecule has 2 fully saturated rings. The number of ether oxygens (including phenoxy) is 1. The van der Waals surface area contributed by atoms with E-state index in [9.17, 15) is 9.59 Å². The minimum atomic E-state index is -0.491. The third kappa shape index (κ3) is 3.56. The minimum absolute atomic E-state index is 0.0420. The third-order valence-corrected chi connectivity index (χ3v) is 6.92. The number of hydrogen-bond donors (Lipinski definition) is 0. The normalized spacial score (nSPS) is 18.7. The number of aromatic nitrogens is 2. The second-order valence-electron chi connectivity index (χ2n) is 8.70. The summed E-state index contributed by atoms with van der Waals surface area (Å²) in [4.78, 5) is 34.7. The van der Waals surface area contributed by atoms with Gasteiger partial charge in [0.15, 0.2) is 0 Å². The van der Waals surface area contributed by atoms with Crippen LogP contribution in [0.3, 0.4) is 0 Å². The molecule has 2 aliphatic rings. The van der Waals surface area contributed by atoms with Crippen molar-refractivity contribution in [3.8, 4) is 0 Å². The monoisotopic (exact) mass is 432 g/mol. The van der Waals surface area contributed by atoms with Gasteiger partial charge in [0.1, 0.15) is 0 Å². The molecule has 1 amide bonds. The number of nitrogens with zero attached hydrogens (tertiary/aromatic N) is 4. The van der Waals surface area contributed by atoms with Crippen LogP contribution in [0.25, 0.3) is 10.9 Å². The Kier molecular flexibility index (Phi) is 5.43. The molecule has 2 saturated heterocycles. The van der Waals surface area contributed by atoms with Crippen LogP contribution >= 0.6 is 0 Å². The van der Waals surface area contributed by atoms with E-state index in [4.69, 9.17) is 4.74 Å². The number of benzene rings is 2. The van der Waals surface area contributed by atoms with Crippen LogP contribution in [-0.4, -0.2) is 59.8 Å². The molecule has 0 N–H and O–H groups in total. The van der Waals surface area contributed by atoms with Gasteiger partial charge in [-0.25, -0.2) is 4.98 Å². The lowest BCUT2D eigenvalue weighted by molar-refractivity contribution is -0.141. The van der Waals surface area contributed by atoms with Crippen molar-refractivity contribution in [3.63, 3.8) is 0 Å². The van der Waals surface area contributed by atoms with Crippen molar-refractivity contribution in [2.24, 2.45) is 7.05 Å². The van der Waals surface area contributed by atoms with Crippen molar-refractivity contribution in [3.05, 3.63) is 70.8 Å². The van der Waals surface area contributed by atoms with Crippen molar-refractivity contribution in [2.75, 3.05) is 44.3 Å². The maximum absolute atomic E-state index is 13.8. The van der Waals surface area contributed by atoms with Gasteiger partial charge in [0.25, 0.3) is 5.56 Å². The van der Waals surface area contributed by atoms with Crippen LogP contribution in [0.1, 0.15) is 18.4 Å². The molecule has 1 aromatic heterocycles. The predicted octanol–water partition coefficient (Wildman–Crippen LogP) is 2.33. The van der Waals surface area contributed by atoms with Crippen molar-refractivity contribution >= 4 is 22.5 Å². The van der Waals surface area contributed by atoms with Crippen LogP contribution in [0, 0.1) is 0 Å². The molecular formula is C25H28N4O3. The zero-order chi connectivity index (χ0) is 22.1. The maximum Gasteiger partial charge on any atom is 0.260 e. The van der Waals surface area contributed by atoms with Crippen LogP contribution in [0.5, 0.6) is 0 Å². The average molecular weight is 433 g/mol. The van der Waals surface area contributed by atoms with Gasteiger partial charge in [-0.15, -0.1) is 0 Å². The van der Waals surface area contributed by atoms with Gasteiger partial charge < -0.3 is 19.1 Å². The topological polar surface area (TPSA) is 67.7 Å². The molecule has 0 spiro atoms. The molecule has 5 rings (SSSR count). The van der Waals surface area contributed by atoms with Gasteiger partial charge in [0.2, 0.25) is 5.91 Å². The van der Waals surface area contributed by atoms with E-state index in [1.54, 1.807) is 13.4 Å². The molecule has 2 aromatic carbocycles. The van der Waals surface area contributed by atoms with E-state index in [0.29, 0.717) is 37.2 Å². The summed E-state index contributed by atoms with van der Waals surface area (Å²) in [6.45, 7) is 4.09. The molecule has 2 aliphatic heterocycles. The van der Waals surface area contributed by atoms with Crippen LogP contribution in [0.2, 0.25) is 0 Å². The summed E-state index contributed by atoms with van der Waals surface area (Å²) < 4.78 is 7.09. The molecule has 3 heterocycles. The molecule has 166 valence electrons. The fourth-order valence-corrected chi connectivity index (χ4v) is 4.97. The van der Waals surface area contributed by atoms with Gasteiger partial charge in [0, 0.05) is 52.1 Å². The first-order valence-corrected chi connectivity index (χ1v) is 11.2. The summed E-state index contributed by atoms with van der Waals surface area (Å²) in [7, 11) is 1.71. The number of carbonyl (C=O) groups is 1. The van der Waals surface area contributed by atoms with Crippen LogP contribution in [0.15, 0.2) is 59.7 Å². The fraction of sp³-hybridized carbons (Fsp3) is 0.400. The Morgan fingerprint density at radius 2 is 1.72 bits per heavy atom. The molecule has 0 atom stereocenters. The van der Waals surface area contributed by atoms with E-state index in [-0.39, 0.29) is 11.5 Å². The molecule has 7 nitrogen and oxygen atoms in total. The van der Waals surface area contributed by atoms with Crippen molar-refractivity contribution < 1.29 is 9.53 Å². The molecule has 3 aromatic rings. The third-order valence-electron chi connectivity index (χ3n) is 6.92. The second-order valence-corrected chi connectivity index (χ2v) is 8.70. The van der Waals surface area contributed by atoms with E-state index >= 15 is 0 Å². The van der Waals surface area contributed by atoms with E-state index < -0.39 is 5.41 Å². The fourth-order valence-electron chi connectivity index (χ4n) is 4.97. The summed E-state index contributed by atoms with van der Waals surface area (Å²) in [5.41, 5.74) is 2.30. The number of amides is 1. The number of piperazine rings is 1. The first-order valence-electron chi connectivity index (χ1n) is 11.2. The number of carbonyl (C=O) groups excluding carboxylic acids is 1. The molecule has 0 radical (unpaired) electrons. The van der Waals surface area contributed by atoms with Crippen LogP contribution in [-0.2, 0) is 22.0 Å². The Bertz CT molecular complexity index is 1180. The van der Waals surface area contributed by atoms with Gasteiger partial charge in [-0.3, -0.25) is 9.59 Å². The maximum atomic E-state index is 13.8. The van der Waals surface area contributed by atoms with E-state index in [1.165, 1.54) is 4.57 Å². The highest BCUT2D eigenvalue weighted by Crippen LogP contribution is 2.37. The van der Waals surface area contributed by atoms with Crippen LogP contribution < -0.4 is 10.5 Å². The standard InChI is InChI=1S/C25H28N4O3/c1-27-18-26-22-17-20(7-8-21(22)23(27)30)28-11-13-29(14-12-28)24(31)25(9-15-32-16-10-25)19-5-3-2-4-6-19/h2-8,17-18H,9-16H2,1H3. The smallest absolute Gasteiger partial charge is 0.260 e. The Morgan fingerprint density at radius 3 is 2.44 bits per heavy atom. The number of hydrogen-bond acceptors (Lipinski definition) is 5. The Labute approximate surface area is 187 Å². The van der Waals surface area contributed by atoms with E-state index in [2.05, 4.69) is 22.0 Å². The molecule has 0 saturated carbocycles. The highest BCUT2D eigenvalue weighted by molar-refractivity contribution is 5.89. The van der Waals surface area contributed by atoms with Gasteiger partial charge in [-0.05, 0) is 36.6 Å². The second kappa shape index (κ2) is 8.39. The lowest BCUT2D eigenvalue weighted by atomic mass is 9.73. The van der Waals surface area contributed by atoms with Crippen molar-refractivity contribution in [1.82, 2.24) is 14.5 Å². The lowest BCUT2D eigenvalue weighted by Gasteiger charge is -2.43. The number of aryl methyl sites for hydroxylation is 1. The molecule has 0 unspecified atom stereocenters. The largest absolute Gasteiger partial charge is 0.381 e. The van der Waals surface area contributed by atoms with Gasteiger partial charge >= 0.3 is 0 Å².